The van der Waals surface area contributed by atoms with Gasteiger partial charge in [-0.25, -0.2) is 4.39 Å². The van der Waals surface area contributed by atoms with Crippen molar-refractivity contribution in [1.29, 1.82) is 0 Å². The summed E-state index contributed by atoms with van der Waals surface area (Å²) in [5.74, 6) is -2.16. The van der Waals surface area contributed by atoms with Crippen molar-refractivity contribution in [2.24, 2.45) is 5.92 Å². The van der Waals surface area contributed by atoms with Crippen LogP contribution in [-0.4, -0.2) is 36.7 Å². The van der Waals surface area contributed by atoms with E-state index in [4.69, 9.17) is 4.74 Å². The summed E-state index contributed by atoms with van der Waals surface area (Å²) in [5, 5.41) is 3.04. The number of aryl methyl sites for hydroxylation is 1. The maximum atomic E-state index is 14.8. The molecule has 0 radical (unpaired) electrons. The lowest BCUT2D eigenvalue weighted by molar-refractivity contribution is -0.121. The number of ketones is 2. The molecule has 6 nitrogen and oxygen atoms in total. The van der Waals surface area contributed by atoms with Crippen LogP contribution in [0, 0.1) is 18.7 Å². The molecule has 3 heterocycles. The largest absolute Gasteiger partial charge is 0.497 e. The second-order valence-corrected chi connectivity index (χ2v) is 11.5. The van der Waals surface area contributed by atoms with E-state index in [9.17, 15) is 18.8 Å². The van der Waals surface area contributed by atoms with Crippen molar-refractivity contribution in [3.05, 3.63) is 131 Å². The molecule has 0 aromatic heterocycles. The lowest BCUT2D eigenvalue weighted by Crippen LogP contribution is -2.51. The minimum atomic E-state index is -1.44. The predicted molar refractivity (Wildman–Crippen MR) is 163 cm³/mol. The summed E-state index contributed by atoms with van der Waals surface area (Å²) in [4.78, 5) is 46.1. The van der Waals surface area contributed by atoms with Gasteiger partial charge in [0.25, 0.3) is 0 Å². The van der Waals surface area contributed by atoms with E-state index in [0.717, 1.165) is 22.4 Å². The van der Waals surface area contributed by atoms with Crippen LogP contribution in [0.4, 0.5) is 15.8 Å². The molecule has 4 atom stereocenters. The summed E-state index contributed by atoms with van der Waals surface area (Å²) >= 11 is 0. The van der Waals surface area contributed by atoms with Gasteiger partial charge in [0.15, 0.2) is 11.6 Å². The second-order valence-electron chi connectivity index (χ2n) is 11.5. The predicted octanol–water partition coefficient (Wildman–Crippen LogP) is 6.39. The van der Waals surface area contributed by atoms with Crippen LogP contribution in [0.25, 0.3) is 5.57 Å². The summed E-state index contributed by atoms with van der Waals surface area (Å²) in [6, 6.07) is 23.8. The van der Waals surface area contributed by atoms with Crippen molar-refractivity contribution in [3.8, 4) is 5.75 Å². The fourth-order valence-electron chi connectivity index (χ4n) is 7.29. The smallest absolute Gasteiger partial charge is 0.238 e. The van der Waals surface area contributed by atoms with Gasteiger partial charge in [-0.15, -0.1) is 0 Å². The van der Waals surface area contributed by atoms with E-state index >= 15 is 0 Å². The quantitative estimate of drug-likeness (QED) is 0.281. The van der Waals surface area contributed by atoms with Gasteiger partial charge in [-0.2, -0.15) is 0 Å². The summed E-state index contributed by atoms with van der Waals surface area (Å²) in [6.07, 6.45) is 2.02. The van der Waals surface area contributed by atoms with E-state index in [1.54, 1.807) is 24.3 Å². The standard InChI is InChI=1S/C36H29FN2O4/c1-20-11-16-29-26(17-20)21(2)18-30-36(27-9-4-5-10-28(27)38-35(36)42)31(33(40)22-12-14-24(37)15-13-22)32(39(29)30)34(41)23-7-6-8-25(19-23)43-3/h4-19,30-32H,1-3H3,(H,38,42)/t30-,31-,32+,36-/m1/s1. The summed E-state index contributed by atoms with van der Waals surface area (Å²) in [5.41, 5.74) is 4.16. The third-order valence-corrected chi connectivity index (χ3v) is 9.17. The van der Waals surface area contributed by atoms with Gasteiger partial charge in [-0.3, -0.25) is 14.4 Å². The topological polar surface area (TPSA) is 75.7 Å². The number of hydrogen-bond acceptors (Lipinski definition) is 5. The maximum Gasteiger partial charge on any atom is 0.238 e. The van der Waals surface area contributed by atoms with Gasteiger partial charge in [-0.05, 0) is 79.6 Å². The molecule has 1 N–H and O–H groups in total. The number of carbonyl (C=O) groups excluding carboxylic acids is 3. The Morgan fingerprint density at radius 3 is 2.42 bits per heavy atom. The Kier molecular flexibility index (Phi) is 6.09. The normalized spacial score (nSPS) is 23.3. The third-order valence-electron chi connectivity index (χ3n) is 9.17. The van der Waals surface area contributed by atoms with E-state index < -0.39 is 35.0 Å². The van der Waals surface area contributed by atoms with E-state index in [0.29, 0.717) is 22.6 Å². The molecule has 7 rings (SSSR count). The minimum Gasteiger partial charge on any atom is -0.497 e. The Hall–Kier alpha value is -5.04. The SMILES string of the molecule is COc1cccc(C(=O)[C@@H]2[C@H](C(=O)c3ccc(F)cc3)[C@]3(C(=O)Nc4ccccc43)[C@H]3C=C(C)c4cc(C)ccc4N23)c1. The molecule has 4 aromatic carbocycles. The molecule has 1 spiro atoms. The van der Waals surface area contributed by atoms with Gasteiger partial charge in [0.2, 0.25) is 5.91 Å². The number of ether oxygens (including phenoxy) is 1. The molecule has 4 aromatic rings. The summed E-state index contributed by atoms with van der Waals surface area (Å²) in [6.45, 7) is 4.00. The number of benzene rings is 4. The Bertz CT molecular complexity index is 1860. The number of fused-ring (bicyclic) bond motifs is 6. The average molecular weight is 573 g/mol. The number of nitrogens with zero attached hydrogens (tertiary/aromatic N) is 1. The van der Waals surface area contributed by atoms with Gasteiger partial charge in [0.1, 0.15) is 23.0 Å². The lowest BCUT2D eigenvalue weighted by Gasteiger charge is -2.39. The number of nitrogens with one attached hydrogen (secondary N) is 1. The monoisotopic (exact) mass is 572 g/mol. The first-order valence-corrected chi connectivity index (χ1v) is 14.2. The van der Waals surface area contributed by atoms with Crippen LogP contribution in [0.2, 0.25) is 0 Å². The van der Waals surface area contributed by atoms with Crippen LogP contribution >= 0.6 is 0 Å². The van der Waals surface area contributed by atoms with Crippen molar-refractivity contribution in [2.45, 2.75) is 31.3 Å². The molecular weight excluding hydrogens is 543 g/mol. The molecule has 0 unspecified atom stereocenters. The van der Waals surface area contributed by atoms with Crippen LogP contribution in [0.3, 0.4) is 0 Å². The first-order valence-electron chi connectivity index (χ1n) is 14.2. The fourth-order valence-corrected chi connectivity index (χ4v) is 7.29. The summed E-state index contributed by atoms with van der Waals surface area (Å²) in [7, 11) is 1.53. The molecule has 0 bridgehead atoms. The highest BCUT2D eigenvalue weighted by Crippen LogP contribution is 2.59. The van der Waals surface area contributed by atoms with E-state index in [2.05, 4.69) is 11.4 Å². The first kappa shape index (κ1) is 26.8. The van der Waals surface area contributed by atoms with E-state index in [1.165, 1.54) is 31.4 Å². The Balaban J connectivity index is 1.55. The highest BCUT2D eigenvalue weighted by Gasteiger charge is 2.70. The molecule has 1 fully saturated rings. The van der Waals surface area contributed by atoms with Crippen LogP contribution in [0.5, 0.6) is 5.75 Å². The zero-order valence-corrected chi connectivity index (χ0v) is 23.9. The number of rotatable bonds is 5. The van der Waals surface area contributed by atoms with Crippen molar-refractivity contribution in [1.82, 2.24) is 0 Å². The zero-order valence-electron chi connectivity index (χ0n) is 23.9. The number of carbonyl (C=O) groups is 3. The summed E-state index contributed by atoms with van der Waals surface area (Å²) < 4.78 is 19.4. The molecule has 43 heavy (non-hydrogen) atoms. The zero-order chi connectivity index (χ0) is 30.0. The number of allylic oxidation sites excluding steroid dienone is 1. The van der Waals surface area contributed by atoms with Crippen LogP contribution in [-0.2, 0) is 10.2 Å². The van der Waals surface area contributed by atoms with Gasteiger partial charge in [0, 0.05) is 28.1 Å². The van der Waals surface area contributed by atoms with Gasteiger partial charge >= 0.3 is 0 Å². The molecular formula is C36H29FN2O4. The van der Waals surface area contributed by atoms with Crippen molar-refractivity contribution in [3.63, 3.8) is 0 Å². The fraction of sp³-hybridized carbons (Fsp3) is 0.194. The Morgan fingerprint density at radius 1 is 0.884 bits per heavy atom. The van der Waals surface area contributed by atoms with Crippen LogP contribution in [0.1, 0.15) is 44.3 Å². The number of amides is 1. The molecule has 3 aliphatic heterocycles. The molecule has 1 saturated heterocycles. The van der Waals surface area contributed by atoms with Gasteiger partial charge < -0.3 is 15.0 Å². The minimum absolute atomic E-state index is 0.232. The number of methoxy groups -OCH3 is 1. The number of hydrogen-bond donors (Lipinski definition) is 1. The van der Waals surface area contributed by atoms with E-state index in [1.807, 2.05) is 61.2 Å². The number of Topliss-reactive ketones (excluding diaryl/α,β-unsaturated/α-hetero) is 2. The van der Waals surface area contributed by atoms with Crippen molar-refractivity contribution >= 4 is 34.4 Å². The Labute approximate surface area is 248 Å². The molecule has 7 heteroatoms. The van der Waals surface area contributed by atoms with Gasteiger partial charge in [-0.1, -0.05) is 48.0 Å². The maximum absolute atomic E-state index is 14.8. The number of para-hydroxylation sites is 1. The lowest BCUT2D eigenvalue weighted by atomic mass is 9.64. The first-order chi connectivity index (χ1) is 20.7. The number of anilines is 2. The van der Waals surface area contributed by atoms with Crippen LogP contribution < -0.4 is 15.0 Å². The number of halogens is 1. The molecule has 214 valence electrons. The highest BCUT2D eigenvalue weighted by molar-refractivity contribution is 6.18. The average Bonchev–Trinajstić information content (AvgIpc) is 3.49. The van der Waals surface area contributed by atoms with E-state index in [-0.39, 0.29) is 17.3 Å². The van der Waals surface area contributed by atoms with Gasteiger partial charge in [0.05, 0.1) is 19.1 Å². The molecule has 0 aliphatic carbocycles. The Morgan fingerprint density at radius 2 is 1.65 bits per heavy atom. The van der Waals surface area contributed by atoms with Crippen molar-refractivity contribution in [2.75, 3.05) is 17.3 Å². The third kappa shape index (κ3) is 3.80. The highest BCUT2D eigenvalue weighted by atomic mass is 19.1. The second kappa shape index (κ2) is 9.76. The molecule has 3 aliphatic rings. The molecule has 0 saturated carbocycles. The van der Waals surface area contributed by atoms with Crippen LogP contribution in [0.15, 0.2) is 97.1 Å². The van der Waals surface area contributed by atoms with Crippen molar-refractivity contribution < 1.29 is 23.5 Å². The molecule has 1 amide bonds.